The van der Waals surface area contributed by atoms with E-state index in [1.54, 1.807) is 12.5 Å². The topological polar surface area (TPSA) is 83.8 Å². The molecule has 1 aromatic rings. The number of nitrogens with zero attached hydrogens (tertiary/aromatic N) is 1. The summed E-state index contributed by atoms with van der Waals surface area (Å²) in [5.41, 5.74) is 6.61. The lowest BCUT2D eigenvalue weighted by molar-refractivity contribution is -0.122. The van der Waals surface area contributed by atoms with Crippen LogP contribution in [0.4, 0.5) is 0 Å². The summed E-state index contributed by atoms with van der Waals surface area (Å²) in [6, 6.07) is -0.498. The van der Waals surface area contributed by atoms with Crippen LogP contribution in [0.2, 0.25) is 0 Å². The Morgan fingerprint density at radius 1 is 1.73 bits per heavy atom. The van der Waals surface area contributed by atoms with Gasteiger partial charge in [-0.1, -0.05) is 13.3 Å². The van der Waals surface area contributed by atoms with Gasteiger partial charge in [0.05, 0.1) is 12.4 Å². The highest BCUT2D eigenvalue weighted by Gasteiger charge is 2.13. The number of carbonyl (C=O) groups is 1. The lowest BCUT2D eigenvalue weighted by atomic mass is 10.1. The summed E-state index contributed by atoms with van der Waals surface area (Å²) < 4.78 is 0. The number of nitrogens with one attached hydrogen (secondary N) is 2. The molecule has 15 heavy (non-hydrogen) atoms. The number of H-pyrrole nitrogens is 1. The normalized spacial score (nSPS) is 12.4. The van der Waals surface area contributed by atoms with E-state index < -0.39 is 6.04 Å². The van der Waals surface area contributed by atoms with Crippen LogP contribution in [0.15, 0.2) is 12.5 Å². The number of rotatable bonds is 6. The first-order chi connectivity index (χ1) is 7.24. The Morgan fingerprint density at radius 3 is 3.13 bits per heavy atom. The van der Waals surface area contributed by atoms with Gasteiger partial charge in [-0.3, -0.25) is 4.79 Å². The van der Waals surface area contributed by atoms with Crippen LogP contribution in [0, 0.1) is 0 Å². The number of hydrogen-bond donors (Lipinski definition) is 3. The fourth-order valence-electron chi connectivity index (χ4n) is 1.25. The van der Waals surface area contributed by atoms with Crippen LogP contribution in [0.1, 0.15) is 25.5 Å². The van der Waals surface area contributed by atoms with Gasteiger partial charge < -0.3 is 16.0 Å². The Balaban J connectivity index is 2.27. The highest BCUT2D eigenvalue weighted by atomic mass is 17.1. The number of unbranched alkanes of at least 4 members (excludes halogenated alkanes) is 1. The Kier molecular flexibility index (Phi) is 4.83. The molecule has 0 fully saturated rings. The first kappa shape index (κ1) is 11.7. The van der Waals surface area contributed by atoms with Gasteiger partial charge in [-0.05, 0) is 6.42 Å². The molecule has 0 spiro atoms. The molecule has 0 bridgehead atoms. The van der Waals surface area contributed by atoms with Crippen molar-refractivity contribution in [1.29, 1.82) is 0 Å². The fourth-order valence-corrected chi connectivity index (χ4v) is 1.25. The molecule has 1 aromatic heterocycles. The molecule has 0 unspecified atom stereocenters. The molecule has 4 N–H and O–H groups in total. The van der Waals surface area contributed by atoms with Gasteiger partial charge >= 0.3 is 0 Å². The van der Waals surface area contributed by atoms with E-state index in [2.05, 4.69) is 22.2 Å². The van der Waals surface area contributed by atoms with E-state index in [9.17, 15) is 4.79 Å². The monoisotopic (exact) mass is 211 g/mol. The quantitative estimate of drug-likeness (QED) is 0.587. The smallest absolute Gasteiger partial charge is 0.237 e. The summed E-state index contributed by atoms with van der Waals surface area (Å²) in [4.78, 5) is 18.3. The predicted molar refractivity (Wildman–Crippen MR) is 58.2 cm³/mol. The Labute approximate surface area is 89.5 Å². The molecule has 0 saturated heterocycles. The molecule has 1 heterocycles. The molecule has 0 aliphatic carbocycles. The molecule has 0 aliphatic rings. The van der Waals surface area contributed by atoms with Gasteiger partial charge in [0.1, 0.15) is 0 Å². The molecule has 0 saturated carbocycles. The average molecular weight is 211 g/mol. The second kappa shape index (κ2) is 6.19. The SMILES string of the molecule is CCCCNC(=[17O])[C@@H](N)Cc1cnc[nH]1. The molecule has 0 aliphatic heterocycles. The van der Waals surface area contributed by atoms with Crippen molar-refractivity contribution in [3.63, 3.8) is 0 Å². The maximum atomic E-state index is 11.5. The third kappa shape index (κ3) is 4.12. The van der Waals surface area contributed by atoms with Crippen molar-refractivity contribution >= 4 is 5.91 Å². The van der Waals surface area contributed by atoms with Crippen molar-refractivity contribution in [2.24, 2.45) is 5.73 Å². The number of imidazole rings is 1. The number of aromatic nitrogens is 2. The van der Waals surface area contributed by atoms with Crippen LogP contribution in [-0.4, -0.2) is 28.5 Å². The molecule has 0 aromatic carbocycles. The van der Waals surface area contributed by atoms with Crippen LogP contribution in [0.25, 0.3) is 0 Å². The second-order valence-corrected chi connectivity index (χ2v) is 3.53. The van der Waals surface area contributed by atoms with Crippen LogP contribution < -0.4 is 11.1 Å². The van der Waals surface area contributed by atoms with Crippen molar-refractivity contribution in [2.45, 2.75) is 32.2 Å². The lowest BCUT2D eigenvalue weighted by Crippen LogP contribution is -2.42. The van der Waals surface area contributed by atoms with Gasteiger partial charge in [-0.15, -0.1) is 0 Å². The lowest BCUT2D eigenvalue weighted by Gasteiger charge is -2.10. The Bertz CT molecular complexity index is 284. The fraction of sp³-hybridized carbons (Fsp3) is 0.600. The molecular formula is C10H18N4O. The largest absolute Gasteiger partial charge is 0.355 e. The summed E-state index contributed by atoms with van der Waals surface area (Å²) in [5, 5.41) is 2.80. The predicted octanol–water partition coefficient (Wildman–Crippen LogP) is 0.196. The maximum absolute atomic E-state index is 11.5. The van der Waals surface area contributed by atoms with E-state index >= 15 is 0 Å². The zero-order chi connectivity index (χ0) is 11.1. The summed E-state index contributed by atoms with van der Waals surface area (Å²) in [7, 11) is 0. The molecule has 5 heteroatoms. The van der Waals surface area contributed by atoms with E-state index in [0.29, 0.717) is 13.0 Å². The molecule has 0 radical (unpaired) electrons. The van der Waals surface area contributed by atoms with Gasteiger partial charge in [0.15, 0.2) is 0 Å². The molecule has 84 valence electrons. The van der Waals surface area contributed by atoms with Gasteiger partial charge in [0.2, 0.25) is 5.91 Å². The number of aromatic amines is 1. The first-order valence-electron chi connectivity index (χ1n) is 5.24. The van der Waals surface area contributed by atoms with Crippen LogP contribution >= 0.6 is 0 Å². The Hall–Kier alpha value is -1.36. The van der Waals surface area contributed by atoms with Crippen molar-refractivity contribution in [1.82, 2.24) is 15.3 Å². The number of hydrogen-bond acceptors (Lipinski definition) is 3. The number of carbonyl (C=O) groups excluding carboxylic acids is 1. The van der Waals surface area contributed by atoms with Gasteiger partial charge in [0, 0.05) is 24.9 Å². The van der Waals surface area contributed by atoms with Crippen LogP contribution in [0.5, 0.6) is 0 Å². The molecule has 5 nitrogen and oxygen atoms in total. The molecular weight excluding hydrogens is 193 g/mol. The molecule has 1 rings (SSSR count). The number of nitrogens with two attached hydrogens (primary N) is 1. The van der Waals surface area contributed by atoms with Crippen molar-refractivity contribution in [2.75, 3.05) is 6.54 Å². The van der Waals surface area contributed by atoms with E-state index in [0.717, 1.165) is 18.5 Å². The zero-order valence-electron chi connectivity index (χ0n) is 8.99. The highest BCUT2D eigenvalue weighted by Crippen LogP contribution is 1.96. The highest BCUT2D eigenvalue weighted by molar-refractivity contribution is 5.81. The molecule has 1 amide bonds. The standard InChI is InChI=1S/C10H18N4O/c1-2-3-4-13-10(15)9(11)5-8-6-12-7-14-8/h6-7,9H,2-5,11H2,1H3,(H,12,14)(H,13,15)/t9-/m0/s1/i15+1. The summed E-state index contributed by atoms with van der Waals surface area (Å²) in [6.07, 6.45) is 5.81. The third-order valence-electron chi connectivity index (χ3n) is 2.16. The minimum absolute atomic E-state index is 0.0990. The van der Waals surface area contributed by atoms with Gasteiger partial charge in [0.25, 0.3) is 0 Å². The van der Waals surface area contributed by atoms with E-state index in [4.69, 9.17) is 5.73 Å². The first-order valence-corrected chi connectivity index (χ1v) is 5.24. The van der Waals surface area contributed by atoms with E-state index in [-0.39, 0.29) is 5.91 Å². The summed E-state index contributed by atoms with van der Waals surface area (Å²) in [6.45, 7) is 2.78. The van der Waals surface area contributed by atoms with E-state index in [1.165, 1.54) is 0 Å². The number of amides is 1. The van der Waals surface area contributed by atoms with Crippen LogP contribution in [-0.2, 0) is 11.2 Å². The zero-order valence-corrected chi connectivity index (χ0v) is 8.99. The van der Waals surface area contributed by atoms with Gasteiger partial charge in [-0.2, -0.15) is 0 Å². The van der Waals surface area contributed by atoms with Gasteiger partial charge in [-0.25, -0.2) is 4.98 Å². The van der Waals surface area contributed by atoms with Crippen LogP contribution in [0.3, 0.4) is 0 Å². The average Bonchev–Trinajstić information content (AvgIpc) is 2.70. The molecule has 1 atom stereocenters. The third-order valence-corrected chi connectivity index (χ3v) is 2.16. The minimum Gasteiger partial charge on any atom is -0.355 e. The second-order valence-electron chi connectivity index (χ2n) is 3.53. The summed E-state index contributed by atoms with van der Waals surface area (Å²) in [5.74, 6) is -0.0990. The summed E-state index contributed by atoms with van der Waals surface area (Å²) >= 11 is 0. The Morgan fingerprint density at radius 2 is 2.53 bits per heavy atom. The van der Waals surface area contributed by atoms with Crippen molar-refractivity contribution < 1.29 is 4.79 Å². The maximum Gasteiger partial charge on any atom is 0.237 e. The van der Waals surface area contributed by atoms with Crippen molar-refractivity contribution in [3.8, 4) is 0 Å². The van der Waals surface area contributed by atoms with Crippen molar-refractivity contribution in [3.05, 3.63) is 18.2 Å². The van der Waals surface area contributed by atoms with E-state index in [1.807, 2.05) is 0 Å². The minimum atomic E-state index is -0.498.